The molecular weight excluding hydrogens is 909 g/mol. The number of rotatable bonds is 6. The first kappa shape index (κ1) is 44.5. The van der Waals surface area contributed by atoms with Crippen LogP contribution in [0.1, 0.15) is 44.5 Å². The van der Waals surface area contributed by atoms with Crippen LogP contribution in [0.4, 0.5) is 34.1 Å². The summed E-state index contributed by atoms with van der Waals surface area (Å²) in [7, 11) is -5.02. The average Bonchev–Trinajstić information content (AvgIpc) is 4.04. The summed E-state index contributed by atoms with van der Waals surface area (Å²) >= 11 is 0. The van der Waals surface area contributed by atoms with Crippen molar-refractivity contribution < 1.29 is 8.83 Å². The van der Waals surface area contributed by atoms with E-state index in [0.29, 0.717) is 0 Å². The minimum atomic E-state index is -2.51. The van der Waals surface area contributed by atoms with Crippen molar-refractivity contribution in [1.29, 1.82) is 0 Å². The van der Waals surface area contributed by atoms with Crippen LogP contribution in [0.2, 0.25) is 26.2 Å². The van der Waals surface area contributed by atoms with Gasteiger partial charge in [-0.15, -0.1) is 0 Å². The molecule has 9 aromatic carbocycles. The van der Waals surface area contributed by atoms with Crippen molar-refractivity contribution in [3.05, 3.63) is 190 Å². The van der Waals surface area contributed by atoms with E-state index in [9.17, 15) is 0 Å². The molecule has 2 aromatic heterocycles. The fourth-order valence-electron chi connectivity index (χ4n) is 13.2. The van der Waals surface area contributed by atoms with Gasteiger partial charge in [-0.2, -0.15) is 0 Å². The Morgan fingerprint density at radius 1 is 0.347 bits per heavy atom. The first-order chi connectivity index (χ1) is 34.5. The lowest BCUT2D eigenvalue weighted by Gasteiger charge is -2.32. The molecule has 0 spiro atoms. The van der Waals surface area contributed by atoms with Crippen LogP contribution in [0.15, 0.2) is 154 Å². The zero-order valence-corrected chi connectivity index (χ0v) is 45.6. The van der Waals surface area contributed by atoms with E-state index in [1.807, 2.05) is 0 Å². The molecule has 4 heterocycles. The van der Waals surface area contributed by atoms with Gasteiger partial charge in [-0.1, -0.05) is 146 Å². The smallest absolute Gasteiger partial charge is 0.160 e. The van der Waals surface area contributed by atoms with E-state index < -0.39 is 16.1 Å². The number of furan rings is 2. The molecule has 0 unspecified atom stereocenters. The molecule has 13 rings (SSSR count). The predicted octanol–water partition coefficient (Wildman–Crippen LogP) is 16.5. The molecule has 0 saturated carbocycles. The van der Waals surface area contributed by atoms with Gasteiger partial charge in [0.15, 0.2) is 5.58 Å². The Kier molecular flexibility index (Phi) is 9.63. The van der Waals surface area contributed by atoms with Gasteiger partial charge < -0.3 is 18.6 Å². The largest absolute Gasteiger partial charge is 0.455 e. The number of para-hydroxylation sites is 2. The number of nitrogens with zero attached hydrogens (tertiary/aromatic N) is 2. The van der Waals surface area contributed by atoms with Crippen LogP contribution in [0, 0.1) is 55.4 Å². The molecule has 11 aromatic rings. The van der Waals surface area contributed by atoms with E-state index in [0.717, 1.165) is 55.6 Å². The summed E-state index contributed by atoms with van der Waals surface area (Å²) in [6, 6.07) is 55.0. The molecule has 6 heteroatoms. The monoisotopic (exact) mass is 968 g/mol. The summed E-state index contributed by atoms with van der Waals surface area (Å²) in [6.07, 6.45) is 0. The van der Waals surface area contributed by atoms with Crippen molar-refractivity contribution in [2.45, 2.75) is 81.6 Å². The highest BCUT2D eigenvalue weighted by Gasteiger charge is 2.50. The van der Waals surface area contributed by atoms with Crippen LogP contribution in [-0.2, 0) is 0 Å². The third-order valence-electron chi connectivity index (χ3n) is 16.5. The molecule has 0 fully saturated rings. The molecular formula is C66H60N2O2Si2. The van der Waals surface area contributed by atoms with Crippen molar-refractivity contribution in [3.8, 4) is 22.3 Å². The molecule has 0 radical (unpaired) electrons. The molecule has 0 N–H and O–H groups in total. The molecule has 4 nitrogen and oxygen atoms in total. The number of fused-ring (bicyclic) bond motifs is 15. The minimum absolute atomic E-state index is 0.913. The second-order valence-electron chi connectivity index (χ2n) is 22.2. The number of hydrogen-bond acceptors (Lipinski definition) is 4. The Morgan fingerprint density at radius 2 is 0.722 bits per heavy atom. The summed E-state index contributed by atoms with van der Waals surface area (Å²) in [5.41, 5.74) is 26.0. The lowest BCUT2D eigenvalue weighted by Crippen LogP contribution is -2.63. The Hall–Kier alpha value is -7.39. The van der Waals surface area contributed by atoms with Crippen LogP contribution in [0.3, 0.4) is 0 Å². The van der Waals surface area contributed by atoms with Crippen LogP contribution >= 0.6 is 0 Å². The summed E-state index contributed by atoms with van der Waals surface area (Å²) in [4.78, 5) is 5.04. The van der Waals surface area contributed by atoms with Crippen LogP contribution in [0.5, 0.6) is 0 Å². The molecule has 2 aliphatic heterocycles. The molecule has 0 atom stereocenters. The highest BCUT2D eigenvalue weighted by molar-refractivity contribution is 7.13. The van der Waals surface area contributed by atoms with Crippen LogP contribution in [0.25, 0.3) is 66.1 Å². The Labute approximate surface area is 425 Å². The van der Waals surface area contributed by atoms with E-state index in [2.05, 4.69) is 237 Å². The fourth-order valence-corrected chi connectivity index (χ4v) is 21.7. The summed E-state index contributed by atoms with van der Waals surface area (Å²) < 4.78 is 14.5. The van der Waals surface area contributed by atoms with Crippen molar-refractivity contribution in [3.63, 3.8) is 0 Å². The lowest BCUT2D eigenvalue weighted by molar-refractivity contribution is 0.669. The van der Waals surface area contributed by atoms with Crippen LogP contribution in [-0.4, -0.2) is 16.1 Å². The number of anilines is 6. The van der Waals surface area contributed by atoms with E-state index in [1.54, 1.807) is 10.4 Å². The maximum absolute atomic E-state index is 7.28. The molecule has 354 valence electrons. The summed E-state index contributed by atoms with van der Waals surface area (Å²) in [6.45, 7) is 28.2. The Morgan fingerprint density at radius 3 is 1.18 bits per heavy atom. The third-order valence-corrected chi connectivity index (χ3v) is 23.7. The zero-order chi connectivity index (χ0) is 49.9. The first-order valence-electron chi connectivity index (χ1n) is 25.6. The second-order valence-corrected chi connectivity index (χ2v) is 30.8. The topological polar surface area (TPSA) is 32.8 Å². The van der Waals surface area contributed by atoms with Gasteiger partial charge in [0.05, 0.1) is 16.8 Å². The normalized spacial score (nSPS) is 14.1. The van der Waals surface area contributed by atoms with Crippen molar-refractivity contribution in [2.24, 2.45) is 0 Å². The minimum Gasteiger partial charge on any atom is -0.455 e. The number of hydrogen-bond donors (Lipinski definition) is 0. The fraction of sp³-hybridized carbons (Fsp3) is 0.182. The second kappa shape index (κ2) is 15.6. The quantitative estimate of drug-likeness (QED) is 0.155. The molecule has 0 bridgehead atoms. The van der Waals surface area contributed by atoms with Gasteiger partial charge in [0.1, 0.15) is 32.9 Å². The predicted molar refractivity (Wildman–Crippen MR) is 313 cm³/mol. The SMILES string of the molecule is Cc1ccc(N(c2ccc(C)cc2C)c2cc3c(c4c2oc2ccccc24)-c2ccc4c(c2[Si]3(C)C)[Si](C)(C)c2cc(N(c3ccc(C)cc3C)c3ccc(C)cc3C)c3c(oc5ccccc53)c2-4)c(C)c1. The van der Waals surface area contributed by atoms with E-state index in [1.165, 1.54) is 99.6 Å². The molecule has 0 amide bonds. The summed E-state index contributed by atoms with van der Waals surface area (Å²) in [5.74, 6) is 0. The summed E-state index contributed by atoms with van der Waals surface area (Å²) in [5, 5.41) is 10.7. The average molecular weight is 969 g/mol. The molecule has 0 aliphatic carbocycles. The highest BCUT2D eigenvalue weighted by atomic mass is 28.3. The molecule has 72 heavy (non-hydrogen) atoms. The number of benzene rings is 9. The van der Waals surface area contributed by atoms with Gasteiger partial charge in [-0.3, -0.25) is 0 Å². The van der Waals surface area contributed by atoms with Crippen molar-refractivity contribution >= 4 is 115 Å². The van der Waals surface area contributed by atoms with Gasteiger partial charge in [0, 0.05) is 44.5 Å². The lowest BCUT2D eigenvalue weighted by atomic mass is 9.94. The van der Waals surface area contributed by atoms with Crippen molar-refractivity contribution in [2.75, 3.05) is 9.80 Å². The maximum Gasteiger partial charge on any atom is 0.160 e. The first-order valence-corrected chi connectivity index (χ1v) is 31.6. The van der Waals surface area contributed by atoms with Gasteiger partial charge in [-0.25, -0.2) is 0 Å². The highest BCUT2D eigenvalue weighted by Crippen LogP contribution is 2.52. The molecule has 2 aliphatic rings. The number of aryl methyl sites for hydroxylation is 8. The third kappa shape index (κ3) is 6.21. The van der Waals surface area contributed by atoms with Crippen LogP contribution < -0.4 is 30.5 Å². The Balaban J connectivity index is 1.10. The van der Waals surface area contributed by atoms with Gasteiger partial charge in [-0.05, 0) is 164 Å². The van der Waals surface area contributed by atoms with Crippen molar-refractivity contribution in [1.82, 2.24) is 0 Å². The van der Waals surface area contributed by atoms with Gasteiger partial charge in [0.2, 0.25) is 0 Å². The van der Waals surface area contributed by atoms with Gasteiger partial charge in [0.25, 0.3) is 0 Å². The molecule has 0 saturated heterocycles. The standard InChI is InChI=1S/C66H60N2O2Si2/c1-37-21-27-49(41(5)31-37)67(50-28-22-38(2)32-42(50)6)53-35-58-61(64-59(53)45-17-13-15-19-55(45)70-64)48-26-25-47-60-57(71(9,10)65(47)66(48)72(58,11)12)36-54(63-62(60)46-18-14-16-20-56(46)69-63)68(51-29-23-39(3)33-43(51)7)52-30-24-40(4)34-44(52)8/h13-36H,1-12H3. The zero-order valence-electron chi connectivity index (χ0n) is 43.6. The van der Waals surface area contributed by atoms with E-state index in [4.69, 9.17) is 8.83 Å². The van der Waals surface area contributed by atoms with E-state index in [-0.39, 0.29) is 0 Å². The van der Waals surface area contributed by atoms with E-state index >= 15 is 0 Å². The Bertz CT molecular complexity index is 4060. The van der Waals surface area contributed by atoms with Gasteiger partial charge >= 0.3 is 0 Å². The maximum atomic E-state index is 7.28.